The normalized spacial score (nSPS) is 13.0. The van der Waals surface area contributed by atoms with Crippen LogP contribution < -0.4 is 10.1 Å². The highest BCUT2D eigenvalue weighted by atomic mass is 16.5. The average Bonchev–Trinajstić information content (AvgIpc) is 2.73. The van der Waals surface area contributed by atoms with E-state index in [1.807, 2.05) is 36.1 Å². The van der Waals surface area contributed by atoms with Crippen LogP contribution in [0.4, 0.5) is 11.5 Å². The van der Waals surface area contributed by atoms with E-state index < -0.39 is 0 Å². The number of amides is 1. The molecule has 0 fully saturated rings. The minimum Gasteiger partial charge on any atom is -0.495 e. The lowest BCUT2D eigenvalue weighted by Gasteiger charge is -2.29. The second-order valence-corrected chi connectivity index (χ2v) is 7.00. The first-order chi connectivity index (χ1) is 13.6. The number of methoxy groups -OCH3 is 1. The van der Waals surface area contributed by atoms with E-state index in [9.17, 15) is 4.79 Å². The van der Waals surface area contributed by atoms with Crippen LogP contribution in [0.1, 0.15) is 27.0 Å². The molecule has 1 aromatic heterocycles. The Kier molecular flexibility index (Phi) is 4.98. The van der Waals surface area contributed by atoms with E-state index in [0.29, 0.717) is 17.9 Å². The van der Waals surface area contributed by atoms with Crippen molar-refractivity contribution in [3.63, 3.8) is 0 Å². The summed E-state index contributed by atoms with van der Waals surface area (Å²) in [7, 11) is 1.64. The van der Waals surface area contributed by atoms with E-state index in [0.717, 1.165) is 30.0 Å². The number of nitrogens with zero attached hydrogens (tertiary/aromatic N) is 2. The van der Waals surface area contributed by atoms with Gasteiger partial charge in [0, 0.05) is 24.8 Å². The lowest BCUT2D eigenvalue weighted by molar-refractivity contribution is 0.0734. The summed E-state index contributed by atoms with van der Waals surface area (Å²) in [5, 5.41) is 3.27. The van der Waals surface area contributed by atoms with Gasteiger partial charge in [-0.05, 0) is 54.3 Å². The van der Waals surface area contributed by atoms with Gasteiger partial charge in [-0.3, -0.25) is 4.79 Å². The molecular weight excluding hydrogens is 350 g/mol. The minimum atomic E-state index is 0.0242. The highest BCUT2D eigenvalue weighted by Gasteiger charge is 2.22. The van der Waals surface area contributed by atoms with Crippen molar-refractivity contribution in [1.29, 1.82) is 0 Å². The third-order valence-corrected chi connectivity index (χ3v) is 5.04. The van der Waals surface area contributed by atoms with Crippen molar-refractivity contribution in [3.8, 4) is 5.75 Å². The zero-order chi connectivity index (χ0) is 19.5. The van der Waals surface area contributed by atoms with Crippen LogP contribution in [-0.4, -0.2) is 29.4 Å². The molecule has 0 aliphatic carbocycles. The summed E-state index contributed by atoms with van der Waals surface area (Å²) in [6.07, 6.45) is 2.55. The van der Waals surface area contributed by atoms with Gasteiger partial charge in [-0.2, -0.15) is 0 Å². The Bertz CT molecular complexity index is 1020. The minimum absolute atomic E-state index is 0.0242. The summed E-state index contributed by atoms with van der Waals surface area (Å²) in [4.78, 5) is 19.3. The summed E-state index contributed by atoms with van der Waals surface area (Å²) < 4.78 is 5.41. The number of pyridine rings is 1. The smallest absolute Gasteiger partial charge is 0.254 e. The number of carbonyl (C=O) groups is 1. The second-order valence-electron chi connectivity index (χ2n) is 7.00. The number of carbonyl (C=O) groups excluding carboxylic acids is 1. The quantitative estimate of drug-likeness (QED) is 0.739. The van der Waals surface area contributed by atoms with E-state index in [-0.39, 0.29) is 5.91 Å². The Balaban J connectivity index is 1.54. The largest absolute Gasteiger partial charge is 0.495 e. The van der Waals surface area contributed by atoms with Crippen molar-refractivity contribution >= 4 is 17.4 Å². The highest BCUT2D eigenvalue weighted by Crippen LogP contribution is 2.28. The third kappa shape index (κ3) is 3.69. The summed E-state index contributed by atoms with van der Waals surface area (Å²) in [5.41, 5.74) is 5.12. The SMILES string of the molecule is COc1ccc(C)cc1Nc1cc(C(=O)N2CCc3ccccc3C2)ccn1. The lowest BCUT2D eigenvalue weighted by atomic mass is 9.99. The maximum absolute atomic E-state index is 13.0. The number of nitrogens with one attached hydrogen (secondary N) is 1. The molecule has 0 radical (unpaired) electrons. The molecule has 28 heavy (non-hydrogen) atoms. The van der Waals surface area contributed by atoms with Gasteiger partial charge >= 0.3 is 0 Å². The van der Waals surface area contributed by atoms with Crippen LogP contribution >= 0.6 is 0 Å². The average molecular weight is 373 g/mol. The number of aryl methyl sites for hydroxylation is 1. The first kappa shape index (κ1) is 18.0. The van der Waals surface area contributed by atoms with E-state index in [1.165, 1.54) is 11.1 Å². The molecule has 1 aliphatic heterocycles. The van der Waals surface area contributed by atoms with Gasteiger partial charge < -0.3 is 15.0 Å². The summed E-state index contributed by atoms with van der Waals surface area (Å²) in [6.45, 7) is 3.39. The monoisotopic (exact) mass is 373 g/mol. The summed E-state index contributed by atoms with van der Waals surface area (Å²) in [6, 6.07) is 17.8. The molecule has 0 saturated carbocycles. The van der Waals surface area contributed by atoms with Crippen LogP contribution in [0.3, 0.4) is 0 Å². The molecule has 0 spiro atoms. The van der Waals surface area contributed by atoms with Gasteiger partial charge in [-0.1, -0.05) is 30.3 Å². The van der Waals surface area contributed by atoms with Gasteiger partial charge in [0.15, 0.2) is 0 Å². The van der Waals surface area contributed by atoms with E-state index in [4.69, 9.17) is 4.74 Å². The molecule has 0 saturated heterocycles. The standard InChI is InChI=1S/C23H23N3O2/c1-16-7-8-21(28-2)20(13-16)25-22-14-18(9-11-24-22)23(27)26-12-10-17-5-3-4-6-19(17)15-26/h3-9,11,13-14H,10,12,15H2,1-2H3,(H,24,25). The van der Waals surface area contributed by atoms with Gasteiger partial charge in [-0.25, -0.2) is 4.98 Å². The third-order valence-electron chi connectivity index (χ3n) is 5.04. The maximum atomic E-state index is 13.0. The molecule has 0 atom stereocenters. The molecule has 5 nitrogen and oxygen atoms in total. The fourth-order valence-corrected chi connectivity index (χ4v) is 3.54. The predicted molar refractivity (Wildman–Crippen MR) is 110 cm³/mol. The van der Waals surface area contributed by atoms with Gasteiger partial charge in [0.1, 0.15) is 11.6 Å². The van der Waals surface area contributed by atoms with Crippen molar-refractivity contribution in [1.82, 2.24) is 9.88 Å². The second kappa shape index (κ2) is 7.72. The van der Waals surface area contributed by atoms with Crippen molar-refractivity contribution in [2.24, 2.45) is 0 Å². The molecule has 4 rings (SSSR count). The zero-order valence-corrected chi connectivity index (χ0v) is 16.1. The molecular formula is C23H23N3O2. The first-order valence-electron chi connectivity index (χ1n) is 9.38. The van der Waals surface area contributed by atoms with Crippen molar-refractivity contribution in [3.05, 3.63) is 83.0 Å². The Morgan fingerprint density at radius 1 is 1.11 bits per heavy atom. The first-order valence-corrected chi connectivity index (χ1v) is 9.38. The number of benzene rings is 2. The molecule has 5 heteroatoms. The topological polar surface area (TPSA) is 54.5 Å². The molecule has 3 aromatic rings. The molecule has 2 heterocycles. The van der Waals surface area contributed by atoms with E-state index in [2.05, 4.69) is 28.5 Å². The Morgan fingerprint density at radius 2 is 1.93 bits per heavy atom. The fraction of sp³-hybridized carbons (Fsp3) is 0.217. The number of hydrogen-bond donors (Lipinski definition) is 1. The van der Waals surface area contributed by atoms with Gasteiger partial charge in [-0.15, -0.1) is 0 Å². The van der Waals surface area contributed by atoms with Crippen molar-refractivity contribution in [2.45, 2.75) is 19.9 Å². The van der Waals surface area contributed by atoms with Gasteiger partial charge in [0.05, 0.1) is 12.8 Å². The molecule has 0 bridgehead atoms. The number of hydrogen-bond acceptors (Lipinski definition) is 4. The molecule has 1 N–H and O–H groups in total. The summed E-state index contributed by atoms with van der Waals surface area (Å²) in [5.74, 6) is 1.38. The number of aromatic nitrogens is 1. The van der Waals surface area contributed by atoms with E-state index >= 15 is 0 Å². The van der Waals surface area contributed by atoms with Crippen LogP contribution in [0.15, 0.2) is 60.8 Å². The highest BCUT2D eigenvalue weighted by molar-refractivity contribution is 5.95. The number of fused-ring (bicyclic) bond motifs is 1. The van der Waals surface area contributed by atoms with Crippen LogP contribution in [0.2, 0.25) is 0 Å². The van der Waals surface area contributed by atoms with Gasteiger partial charge in [0.25, 0.3) is 5.91 Å². The molecule has 1 amide bonds. The van der Waals surface area contributed by atoms with Crippen LogP contribution in [0, 0.1) is 6.92 Å². The van der Waals surface area contributed by atoms with E-state index in [1.54, 1.807) is 25.4 Å². The summed E-state index contributed by atoms with van der Waals surface area (Å²) >= 11 is 0. The number of anilines is 2. The Hall–Kier alpha value is -3.34. The molecule has 2 aromatic carbocycles. The molecule has 142 valence electrons. The van der Waals surface area contributed by atoms with Crippen molar-refractivity contribution < 1.29 is 9.53 Å². The van der Waals surface area contributed by atoms with Crippen LogP contribution in [0.5, 0.6) is 5.75 Å². The maximum Gasteiger partial charge on any atom is 0.254 e. The lowest BCUT2D eigenvalue weighted by Crippen LogP contribution is -2.35. The Labute approximate surface area is 165 Å². The van der Waals surface area contributed by atoms with Crippen molar-refractivity contribution in [2.75, 3.05) is 19.0 Å². The zero-order valence-electron chi connectivity index (χ0n) is 16.1. The number of ether oxygens (including phenoxy) is 1. The molecule has 1 aliphatic rings. The van der Waals surface area contributed by atoms with Crippen LogP contribution in [-0.2, 0) is 13.0 Å². The predicted octanol–water partition coefficient (Wildman–Crippen LogP) is 4.34. The van der Waals surface area contributed by atoms with Crippen LogP contribution in [0.25, 0.3) is 0 Å². The molecule has 0 unspecified atom stereocenters. The number of rotatable bonds is 4. The fourth-order valence-electron chi connectivity index (χ4n) is 3.54. The van der Waals surface area contributed by atoms with Gasteiger partial charge in [0.2, 0.25) is 0 Å². The Morgan fingerprint density at radius 3 is 2.75 bits per heavy atom.